The summed E-state index contributed by atoms with van der Waals surface area (Å²) in [6.07, 6.45) is 0.539. The highest BCUT2D eigenvalue weighted by atomic mass is 35.5. The predicted octanol–water partition coefficient (Wildman–Crippen LogP) is 1.49. The summed E-state index contributed by atoms with van der Waals surface area (Å²) in [6.45, 7) is 1.44. The molecule has 3 aliphatic heterocycles. The summed E-state index contributed by atoms with van der Waals surface area (Å²) in [4.78, 5) is 45.9. The summed E-state index contributed by atoms with van der Waals surface area (Å²) in [5, 5.41) is 12.6. The molecule has 12 nitrogen and oxygen atoms in total. The summed E-state index contributed by atoms with van der Waals surface area (Å²) in [7, 11) is -0.747. The van der Waals surface area contributed by atoms with E-state index in [0.29, 0.717) is 55.4 Å². The minimum absolute atomic E-state index is 0.0229. The van der Waals surface area contributed by atoms with Crippen LogP contribution in [-0.4, -0.2) is 121 Å². The number of fused-ring (bicyclic) bond motifs is 2. The van der Waals surface area contributed by atoms with Crippen LogP contribution in [-0.2, 0) is 24.2 Å². The molecule has 0 radical (unpaired) electrons. The van der Waals surface area contributed by atoms with Gasteiger partial charge < -0.3 is 34.3 Å². The lowest BCUT2D eigenvalue weighted by Gasteiger charge is -2.37. The van der Waals surface area contributed by atoms with E-state index in [1.807, 2.05) is 4.90 Å². The molecule has 3 aliphatic rings. The number of carbonyl (C=O) groups is 3. The van der Waals surface area contributed by atoms with E-state index in [1.54, 1.807) is 54.4 Å². The first-order chi connectivity index (χ1) is 19.4. The number of hydrogen-bond donors (Lipinski definition) is 1. The third kappa shape index (κ3) is 6.07. The number of likely N-dealkylation sites (tertiary alicyclic amines) is 1. The van der Waals surface area contributed by atoms with E-state index < -0.39 is 33.7 Å². The number of sulfone groups is 1. The number of benzene rings is 2. The predicted molar refractivity (Wildman–Crippen MR) is 150 cm³/mol. The van der Waals surface area contributed by atoms with Crippen molar-refractivity contribution < 1.29 is 32.6 Å². The highest BCUT2D eigenvalue weighted by molar-refractivity contribution is 7.91. The molecule has 0 saturated carbocycles. The van der Waals surface area contributed by atoms with Crippen molar-refractivity contribution >= 4 is 50.1 Å². The first-order valence-corrected chi connectivity index (χ1v) is 15.2. The molecule has 2 fully saturated rings. The van der Waals surface area contributed by atoms with Crippen LogP contribution in [0.2, 0.25) is 5.02 Å². The fraction of sp³-hybridized carbons (Fsp3) is 0.444. The lowest BCUT2D eigenvalue weighted by atomic mass is 10.0. The van der Waals surface area contributed by atoms with Gasteiger partial charge in [-0.15, -0.1) is 0 Å². The highest BCUT2D eigenvalue weighted by Gasteiger charge is 2.42. The Hall–Kier alpha value is -3.55. The number of nitrogens with zero attached hydrogens (tertiary/aromatic N) is 5. The van der Waals surface area contributed by atoms with Gasteiger partial charge in [0.15, 0.2) is 16.6 Å². The van der Waals surface area contributed by atoms with Crippen LogP contribution in [0.5, 0.6) is 0 Å². The van der Waals surface area contributed by atoms with E-state index >= 15 is 0 Å². The largest absolute Gasteiger partial charge is 0.428 e. The summed E-state index contributed by atoms with van der Waals surface area (Å²) >= 11 is 6.00. The van der Waals surface area contributed by atoms with Crippen molar-refractivity contribution in [3.8, 4) is 0 Å². The van der Waals surface area contributed by atoms with Crippen LogP contribution in [0, 0.1) is 0 Å². The van der Waals surface area contributed by atoms with Crippen molar-refractivity contribution in [2.45, 2.75) is 29.9 Å². The Balaban J connectivity index is 1.13. The number of aliphatic hydroxyl groups excluding tert-OH is 1. The molecule has 0 spiro atoms. The Morgan fingerprint density at radius 1 is 1.10 bits per heavy atom. The van der Waals surface area contributed by atoms with Crippen LogP contribution in [0.15, 0.2) is 53.2 Å². The van der Waals surface area contributed by atoms with Crippen molar-refractivity contribution in [1.82, 2.24) is 24.5 Å². The van der Waals surface area contributed by atoms with E-state index in [1.165, 1.54) is 21.9 Å². The van der Waals surface area contributed by atoms with E-state index in [0.717, 1.165) is 5.39 Å². The lowest BCUT2D eigenvalue weighted by molar-refractivity contribution is -0.141. The van der Waals surface area contributed by atoms with Crippen LogP contribution in [0.3, 0.4) is 0 Å². The molecule has 5 rings (SSSR count). The first-order valence-electron chi connectivity index (χ1n) is 13.2. The zero-order valence-corrected chi connectivity index (χ0v) is 24.3. The monoisotopic (exact) mass is 605 g/mol. The van der Waals surface area contributed by atoms with E-state index in [9.17, 15) is 27.9 Å². The van der Waals surface area contributed by atoms with Crippen LogP contribution in [0.4, 0.5) is 4.79 Å². The first kappa shape index (κ1) is 29.0. The minimum atomic E-state index is -3.93. The van der Waals surface area contributed by atoms with Gasteiger partial charge in [0, 0.05) is 44.4 Å². The molecular weight excluding hydrogens is 574 g/mol. The van der Waals surface area contributed by atoms with Gasteiger partial charge in [0.1, 0.15) is 11.8 Å². The zero-order valence-electron chi connectivity index (χ0n) is 22.8. The number of hydrogen-bond acceptors (Lipinski definition) is 9. The van der Waals surface area contributed by atoms with Crippen LogP contribution < -0.4 is 0 Å². The maximum atomic E-state index is 13.1. The van der Waals surface area contributed by atoms with Gasteiger partial charge in [-0.2, -0.15) is 0 Å². The summed E-state index contributed by atoms with van der Waals surface area (Å²) in [5.41, 5.74) is 0.529. The SMILES string of the molecule is CN(C)C(=O)OCN1C=C2C(=O)N(C3CCN(C(=O)[C@H](O)CS(=O)(=O)c4ccc5cc(Cl)ccc5c4)CC3)CN2C1. The van der Waals surface area contributed by atoms with Crippen molar-refractivity contribution in [2.24, 2.45) is 0 Å². The van der Waals surface area contributed by atoms with Crippen molar-refractivity contribution in [1.29, 1.82) is 0 Å². The quantitative estimate of drug-likeness (QED) is 0.499. The van der Waals surface area contributed by atoms with Gasteiger partial charge in [0.05, 0.1) is 24.0 Å². The Morgan fingerprint density at radius 2 is 1.78 bits per heavy atom. The number of carbonyl (C=O) groups excluding carboxylic acids is 3. The van der Waals surface area contributed by atoms with Gasteiger partial charge in [-0.1, -0.05) is 23.7 Å². The van der Waals surface area contributed by atoms with E-state index in [-0.39, 0.29) is 23.6 Å². The molecule has 14 heteroatoms. The molecule has 41 heavy (non-hydrogen) atoms. The molecule has 0 aliphatic carbocycles. The van der Waals surface area contributed by atoms with Gasteiger partial charge >= 0.3 is 6.09 Å². The van der Waals surface area contributed by atoms with Gasteiger partial charge in [0.25, 0.3) is 11.8 Å². The Morgan fingerprint density at radius 3 is 2.46 bits per heavy atom. The summed E-state index contributed by atoms with van der Waals surface area (Å²) < 4.78 is 31.1. The van der Waals surface area contributed by atoms with Crippen molar-refractivity contribution in [3.63, 3.8) is 0 Å². The molecule has 0 bridgehead atoms. The zero-order chi connectivity index (χ0) is 29.5. The molecule has 0 unspecified atom stereocenters. The van der Waals surface area contributed by atoms with Crippen LogP contribution >= 0.6 is 11.6 Å². The Kier molecular flexibility index (Phi) is 8.04. The molecule has 3 amide bonds. The second-order valence-corrected chi connectivity index (χ2v) is 13.1. The number of aliphatic hydroxyl groups is 1. The minimum Gasteiger partial charge on any atom is -0.428 e. The molecule has 2 saturated heterocycles. The van der Waals surface area contributed by atoms with Gasteiger partial charge in [-0.3, -0.25) is 9.59 Å². The smallest absolute Gasteiger partial charge is 0.410 e. The second kappa shape index (κ2) is 11.4. The average Bonchev–Trinajstić information content (AvgIpc) is 3.49. The molecule has 2 aromatic rings. The lowest BCUT2D eigenvalue weighted by Crippen LogP contribution is -2.51. The Labute approximate surface area is 243 Å². The molecular formula is C27H32ClN5O7S. The number of ether oxygens (including phenoxy) is 1. The number of rotatable bonds is 7. The van der Waals surface area contributed by atoms with Gasteiger partial charge in [-0.25, -0.2) is 13.2 Å². The number of piperidine rings is 1. The summed E-state index contributed by atoms with van der Waals surface area (Å²) in [5.74, 6) is -1.49. The third-order valence-corrected chi connectivity index (χ3v) is 9.49. The van der Waals surface area contributed by atoms with Crippen molar-refractivity contribution in [3.05, 3.63) is 53.3 Å². The van der Waals surface area contributed by atoms with Crippen LogP contribution in [0.1, 0.15) is 12.8 Å². The molecule has 0 aromatic heterocycles. The number of amides is 3. The van der Waals surface area contributed by atoms with Crippen LogP contribution in [0.25, 0.3) is 10.8 Å². The molecule has 1 atom stereocenters. The van der Waals surface area contributed by atoms with E-state index in [4.69, 9.17) is 16.3 Å². The third-order valence-electron chi connectivity index (χ3n) is 7.53. The average molecular weight is 606 g/mol. The van der Waals surface area contributed by atoms with Gasteiger partial charge in [0.2, 0.25) is 0 Å². The fourth-order valence-corrected chi connectivity index (χ4v) is 6.81. The highest BCUT2D eigenvalue weighted by Crippen LogP contribution is 2.30. The maximum absolute atomic E-state index is 13.1. The standard InChI is InChI=1S/C27H32ClN5O7S/c1-29(2)27(37)40-17-30-13-23-25(35)33(16-32(23)15-30)21-7-9-31(10-8-21)26(36)24(34)14-41(38,39)22-6-4-18-11-20(28)5-3-19(18)12-22/h3-6,11-13,21,24,34H,7-10,14-17H2,1-2H3/t24-/m1/s1. The van der Waals surface area contributed by atoms with Gasteiger partial charge in [-0.05, 0) is 47.9 Å². The fourth-order valence-electron chi connectivity index (χ4n) is 5.30. The molecule has 3 heterocycles. The molecule has 220 valence electrons. The van der Waals surface area contributed by atoms with E-state index in [2.05, 4.69) is 0 Å². The normalized spacial score (nSPS) is 18.5. The molecule has 1 N–H and O–H groups in total. The molecule has 2 aromatic carbocycles. The Bertz CT molecular complexity index is 1510. The van der Waals surface area contributed by atoms with Crippen molar-refractivity contribution in [2.75, 3.05) is 53.0 Å². The topological polar surface area (TPSA) is 131 Å². The summed E-state index contributed by atoms with van der Waals surface area (Å²) in [6, 6.07) is 9.61. The second-order valence-electron chi connectivity index (χ2n) is 10.6. The number of halogens is 1. The maximum Gasteiger partial charge on any atom is 0.410 e.